The molecule has 2 aromatic carbocycles. The molecule has 0 heterocycles. The molecule has 0 amide bonds. The monoisotopic (exact) mass is 430 g/mol. The molecule has 0 radical (unpaired) electrons. The van der Waals surface area contributed by atoms with Crippen molar-refractivity contribution in [2.24, 2.45) is 17.8 Å². The highest BCUT2D eigenvalue weighted by atomic mass is 16.5. The summed E-state index contributed by atoms with van der Waals surface area (Å²) in [6.45, 7) is 6.44. The maximum Gasteiger partial charge on any atom is 0.330 e. The molecular formula is C29H34O3. The molecule has 0 unspecified atom stereocenters. The van der Waals surface area contributed by atoms with Crippen molar-refractivity contribution in [3.8, 4) is 16.9 Å². The average Bonchev–Trinajstić information content (AvgIpc) is 2.72. The average molecular weight is 431 g/mol. The molecule has 0 aromatic heterocycles. The van der Waals surface area contributed by atoms with Crippen LogP contribution in [0.25, 0.3) is 17.2 Å². The second kappa shape index (κ2) is 8.10. The summed E-state index contributed by atoms with van der Waals surface area (Å²) in [5, 5.41) is 10.9. The largest absolute Gasteiger partial charge is 0.508 e. The quantitative estimate of drug-likeness (QED) is 0.423. The van der Waals surface area contributed by atoms with E-state index >= 15 is 0 Å². The summed E-state index contributed by atoms with van der Waals surface area (Å²) in [5.74, 6) is 2.69. The molecule has 0 aliphatic heterocycles. The third kappa shape index (κ3) is 3.76. The summed E-state index contributed by atoms with van der Waals surface area (Å²) in [6, 6.07) is 10.5. The lowest BCUT2D eigenvalue weighted by atomic mass is 9.48. The fourth-order valence-corrected chi connectivity index (χ4v) is 7.46. The molecule has 0 spiro atoms. The van der Waals surface area contributed by atoms with Crippen molar-refractivity contribution in [3.05, 3.63) is 58.7 Å². The van der Waals surface area contributed by atoms with Crippen molar-refractivity contribution in [2.45, 2.75) is 64.7 Å². The van der Waals surface area contributed by atoms with E-state index in [9.17, 15) is 9.90 Å². The number of hydrogen-bond donors (Lipinski definition) is 1. The first-order valence-corrected chi connectivity index (χ1v) is 12.2. The maximum absolute atomic E-state index is 11.7. The number of rotatable bonds is 5. The zero-order valence-electron chi connectivity index (χ0n) is 19.5. The van der Waals surface area contributed by atoms with E-state index in [1.807, 2.05) is 19.1 Å². The number of benzene rings is 2. The van der Waals surface area contributed by atoms with E-state index in [0.29, 0.717) is 12.4 Å². The van der Waals surface area contributed by atoms with Gasteiger partial charge in [0.1, 0.15) is 5.75 Å². The lowest BCUT2D eigenvalue weighted by Gasteiger charge is -2.57. The van der Waals surface area contributed by atoms with E-state index in [-0.39, 0.29) is 11.4 Å². The molecule has 1 N–H and O–H groups in total. The highest BCUT2D eigenvalue weighted by Crippen LogP contribution is 2.62. The van der Waals surface area contributed by atoms with Crippen LogP contribution in [0.4, 0.5) is 0 Å². The molecule has 4 bridgehead atoms. The molecule has 3 heteroatoms. The van der Waals surface area contributed by atoms with Gasteiger partial charge in [0.15, 0.2) is 0 Å². The summed E-state index contributed by atoms with van der Waals surface area (Å²) < 4.78 is 4.99. The van der Waals surface area contributed by atoms with Crippen LogP contribution in [0, 0.1) is 31.6 Å². The van der Waals surface area contributed by atoms with E-state index in [4.69, 9.17) is 4.74 Å². The van der Waals surface area contributed by atoms with Gasteiger partial charge in [0, 0.05) is 11.6 Å². The van der Waals surface area contributed by atoms with Crippen LogP contribution in [0.15, 0.2) is 36.4 Å². The Morgan fingerprint density at radius 3 is 2.19 bits per heavy atom. The number of hydrogen-bond acceptors (Lipinski definition) is 3. The van der Waals surface area contributed by atoms with Crippen molar-refractivity contribution in [1.29, 1.82) is 0 Å². The Morgan fingerprint density at radius 2 is 1.62 bits per heavy atom. The van der Waals surface area contributed by atoms with E-state index in [1.165, 1.54) is 72.4 Å². The van der Waals surface area contributed by atoms with E-state index in [1.54, 1.807) is 0 Å². The third-order valence-corrected chi connectivity index (χ3v) is 8.15. The Kier molecular flexibility index (Phi) is 5.39. The maximum atomic E-state index is 11.7. The van der Waals surface area contributed by atoms with E-state index in [2.05, 4.69) is 38.1 Å². The van der Waals surface area contributed by atoms with Crippen LogP contribution in [0.1, 0.15) is 67.7 Å². The van der Waals surface area contributed by atoms with Gasteiger partial charge in [-0.1, -0.05) is 18.2 Å². The van der Waals surface area contributed by atoms with Crippen molar-refractivity contribution in [3.63, 3.8) is 0 Å². The topological polar surface area (TPSA) is 46.5 Å². The normalized spacial score (nSPS) is 28.4. The number of phenols is 1. The lowest BCUT2D eigenvalue weighted by Crippen LogP contribution is -2.48. The smallest absolute Gasteiger partial charge is 0.330 e. The Bertz CT molecular complexity index is 1020. The fraction of sp³-hybridized carbons (Fsp3) is 0.483. The van der Waals surface area contributed by atoms with Gasteiger partial charge in [-0.3, -0.25) is 0 Å². The van der Waals surface area contributed by atoms with Crippen molar-refractivity contribution >= 4 is 12.0 Å². The van der Waals surface area contributed by atoms with Crippen LogP contribution in [-0.2, 0) is 14.9 Å². The van der Waals surface area contributed by atoms with E-state index in [0.717, 1.165) is 23.3 Å². The third-order valence-electron chi connectivity index (χ3n) is 8.15. The minimum Gasteiger partial charge on any atom is -0.508 e. The van der Waals surface area contributed by atoms with Crippen molar-refractivity contribution in [1.82, 2.24) is 0 Å². The molecule has 168 valence electrons. The molecular weight excluding hydrogens is 396 g/mol. The van der Waals surface area contributed by atoms with Gasteiger partial charge in [-0.15, -0.1) is 0 Å². The zero-order valence-corrected chi connectivity index (χ0v) is 19.5. The van der Waals surface area contributed by atoms with Gasteiger partial charge in [0.2, 0.25) is 0 Å². The number of carbonyl (C=O) groups excluding carboxylic acids is 1. The predicted molar refractivity (Wildman–Crippen MR) is 129 cm³/mol. The molecule has 4 saturated carbocycles. The van der Waals surface area contributed by atoms with Gasteiger partial charge in [-0.25, -0.2) is 4.79 Å². The summed E-state index contributed by atoms with van der Waals surface area (Å²) >= 11 is 0. The highest BCUT2D eigenvalue weighted by molar-refractivity contribution is 5.87. The van der Waals surface area contributed by atoms with Crippen LogP contribution >= 0.6 is 0 Å². The molecule has 6 rings (SSSR count). The summed E-state index contributed by atoms with van der Waals surface area (Å²) in [7, 11) is 0. The fourth-order valence-electron chi connectivity index (χ4n) is 7.46. The second-order valence-corrected chi connectivity index (χ2v) is 10.5. The lowest BCUT2D eigenvalue weighted by molar-refractivity contribution is -0.137. The van der Waals surface area contributed by atoms with Crippen molar-refractivity contribution < 1.29 is 14.6 Å². The number of aromatic hydroxyl groups is 1. The van der Waals surface area contributed by atoms with Gasteiger partial charge >= 0.3 is 5.97 Å². The molecule has 32 heavy (non-hydrogen) atoms. The molecule has 0 saturated heterocycles. The first kappa shape index (κ1) is 21.3. The van der Waals surface area contributed by atoms with Crippen LogP contribution < -0.4 is 0 Å². The summed E-state index contributed by atoms with van der Waals surface area (Å²) in [5.41, 5.74) is 7.11. The highest BCUT2D eigenvalue weighted by Gasteiger charge is 2.52. The summed E-state index contributed by atoms with van der Waals surface area (Å²) in [4.78, 5) is 11.7. The van der Waals surface area contributed by atoms with Crippen LogP contribution in [0.2, 0.25) is 0 Å². The molecule has 4 aliphatic carbocycles. The molecule has 4 fully saturated rings. The number of phenolic OH excluding ortho intramolecular Hbond substituents is 1. The predicted octanol–water partition coefficient (Wildman–Crippen LogP) is 6.72. The zero-order chi connectivity index (χ0) is 22.5. The first-order valence-electron chi connectivity index (χ1n) is 12.2. The van der Waals surface area contributed by atoms with Crippen LogP contribution in [0.3, 0.4) is 0 Å². The summed E-state index contributed by atoms with van der Waals surface area (Å²) in [6.07, 6.45) is 11.2. The Balaban J connectivity index is 1.49. The number of carbonyl (C=O) groups is 1. The minimum atomic E-state index is -0.314. The number of ether oxygens (including phenoxy) is 1. The van der Waals surface area contributed by atoms with Gasteiger partial charge in [0.05, 0.1) is 6.61 Å². The Hall–Kier alpha value is -2.55. The minimum absolute atomic E-state index is 0.166. The Morgan fingerprint density at radius 1 is 1.03 bits per heavy atom. The van der Waals surface area contributed by atoms with Gasteiger partial charge in [-0.05, 0) is 128 Å². The van der Waals surface area contributed by atoms with Gasteiger partial charge in [-0.2, -0.15) is 0 Å². The standard InChI is InChI=1S/C29H34O3/c1-4-32-27(31)8-5-20-9-18(2)28(19(3)10-20)24-6-7-26(30)25(14-24)29-15-21-11-22(16-29)13-23(12-21)17-29/h5-10,14,21-23,30H,4,11-13,15-17H2,1-3H3. The molecule has 2 aromatic rings. The van der Waals surface area contributed by atoms with Gasteiger partial charge < -0.3 is 9.84 Å². The Labute approximate surface area is 191 Å². The second-order valence-electron chi connectivity index (χ2n) is 10.5. The van der Waals surface area contributed by atoms with Gasteiger partial charge in [0.25, 0.3) is 0 Å². The van der Waals surface area contributed by atoms with Crippen molar-refractivity contribution in [2.75, 3.05) is 6.61 Å². The van der Waals surface area contributed by atoms with E-state index < -0.39 is 0 Å². The molecule has 0 atom stereocenters. The number of esters is 1. The SMILES string of the molecule is CCOC(=O)C=Cc1cc(C)c(-c2ccc(O)c(C34CC5CC(CC(C5)C3)C4)c2)c(C)c1. The first-order chi connectivity index (χ1) is 15.4. The van der Waals surface area contributed by atoms with Crippen LogP contribution in [0.5, 0.6) is 5.75 Å². The number of aryl methyl sites for hydroxylation is 2. The molecule has 4 aliphatic rings. The van der Waals surface area contributed by atoms with Crippen LogP contribution in [-0.4, -0.2) is 17.7 Å². The molecule has 3 nitrogen and oxygen atoms in total.